The number of para-hydroxylation sites is 1. The quantitative estimate of drug-likeness (QED) is 0.489. The molecule has 34 heavy (non-hydrogen) atoms. The number of sulfonamides is 1. The SMILES string of the molecule is O=C(C1CCN(S(=O)(=O)c2ccccc2C(F)(F)F)CC1)N(Cc1ccco1)c1ccccc1. The summed E-state index contributed by atoms with van der Waals surface area (Å²) in [7, 11) is -4.36. The van der Waals surface area contributed by atoms with Crippen molar-refractivity contribution in [3.05, 3.63) is 84.3 Å². The molecular formula is C24H23F3N2O4S. The lowest BCUT2D eigenvalue weighted by atomic mass is 9.96. The average molecular weight is 493 g/mol. The molecule has 0 radical (unpaired) electrons. The first kappa shape index (κ1) is 24.0. The summed E-state index contributed by atoms with van der Waals surface area (Å²) in [6.07, 6.45) is -2.87. The summed E-state index contributed by atoms with van der Waals surface area (Å²) >= 11 is 0. The van der Waals surface area contributed by atoms with Gasteiger partial charge in [-0.25, -0.2) is 8.42 Å². The van der Waals surface area contributed by atoms with E-state index in [2.05, 4.69) is 0 Å². The molecule has 0 saturated carbocycles. The van der Waals surface area contributed by atoms with Crippen LogP contribution in [0.5, 0.6) is 0 Å². The fourth-order valence-corrected chi connectivity index (χ4v) is 5.77. The number of amides is 1. The van der Waals surface area contributed by atoms with Gasteiger partial charge in [-0.1, -0.05) is 30.3 Å². The molecule has 0 unspecified atom stereocenters. The third-order valence-corrected chi connectivity index (χ3v) is 7.80. The van der Waals surface area contributed by atoms with Crippen molar-refractivity contribution in [2.45, 2.75) is 30.5 Å². The van der Waals surface area contributed by atoms with E-state index in [1.54, 1.807) is 29.2 Å². The molecule has 1 saturated heterocycles. The fourth-order valence-electron chi connectivity index (χ4n) is 4.09. The van der Waals surface area contributed by atoms with Crippen LogP contribution in [0.2, 0.25) is 0 Å². The second-order valence-corrected chi connectivity index (χ2v) is 9.92. The molecule has 1 amide bonds. The first-order valence-corrected chi connectivity index (χ1v) is 12.2. The van der Waals surface area contributed by atoms with E-state index in [1.807, 2.05) is 18.2 Å². The molecule has 1 aromatic heterocycles. The largest absolute Gasteiger partial charge is 0.467 e. The number of benzene rings is 2. The number of anilines is 1. The highest BCUT2D eigenvalue weighted by atomic mass is 32.2. The number of furan rings is 1. The minimum absolute atomic E-state index is 0.0473. The van der Waals surface area contributed by atoms with Crippen molar-refractivity contribution in [3.63, 3.8) is 0 Å². The maximum Gasteiger partial charge on any atom is 0.417 e. The predicted molar refractivity (Wildman–Crippen MR) is 119 cm³/mol. The molecule has 3 aromatic rings. The third kappa shape index (κ3) is 5.02. The Bertz CT molecular complexity index is 1220. The standard InChI is InChI=1S/C24H23F3N2O4S/c25-24(26,27)21-10-4-5-11-22(21)34(31,32)28-14-12-18(13-15-28)23(30)29(17-20-9-6-16-33-20)19-7-2-1-3-8-19/h1-11,16,18H,12-15,17H2. The van der Waals surface area contributed by atoms with Crippen molar-refractivity contribution in [2.24, 2.45) is 5.92 Å². The number of piperidine rings is 1. The first-order valence-electron chi connectivity index (χ1n) is 10.7. The molecule has 1 aliphatic rings. The Morgan fingerprint density at radius 1 is 0.971 bits per heavy atom. The van der Waals surface area contributed by atoms with Crippen molar-refractivity contribution in [2.75, 3.05) is 18.0 Å². The fraction of sp³-hybridized carbons (Fsp3) is 0.292. The van der Waals surface area contributed by atoms with E-state index in [9.17, 15) is 26.4 Å². The van der Waals surface area contributed by atoms with Gasteiger partial charge in [-0.15, -0.1) is 0 Å². The topological polar surface area (TPSA) is 70.8 Å². The van der Waals surface area contributed by atoms with Gasteiger partial charge in [-0.3, -0.25) is 4.79 Å². The Labute approximate surface area is 195 Å². The van der Waals surface area contributed by atoms with E-state index in [1.165, 1.54) is 12.3 Å². The number of carbonyl (C=O) groups excluding carboxylic acids is 1. The lowest BCUT2D eigenvalue weighted by Gasteiger charge is -2.34. The normalized spacial score (nSPS) is 15.9. The summed E-state index contributed by atoms with van der Waals surface area (Å²) in [5.41, 5.74) is -0.514. The number of nitrogens with zero attached hydrogens (tertiary/aromatic N) is 2. The van der Waals surface area contributed by atoms with Gasteiger partial charge in [0.1, 0.15) is 5.76 Å². The summed E-state index contributed by atoms with van der Waals surface area (Å²) in [5, 5.41) is 0. The number of hydrogen-bond donors (Lipinski definition) is 0. The number of hydrogen-bond acceptors (Lipinski definition) is 4. The zero-order valence-corrected chi connectivity index (χ0v) is 18.9. The second-order valence-electron chi connectivity index (χ2n) is 8.01. The zero-order valence-electron chi connectivity index (χ0n) is 18.1. The molecule has 0 bridgehead atoms. The first-order chi connectivity index (χ1) is 16.2. The van der Waals surface area contributed by atoms with Crippen molar-refractivity contribution < 1.29 is 30.8 Å². The molecule has 0 N–H and O–H groups in total. The molecule has 0 spiro atoms. The van der Waals surface area contributed by atoms with Gasteiger partial charge in [0.15, 0.2) is 0 Å². The van der Waals surface area contributed by atoms with Crippen molar-refractivity contribution in [1.29, 1.82) is 0 Å². The Kier molecular flexibility index (Phi) is 6.81. The molecule has 2 aromatic carbocycles. The Morgan fingerprint density at radius 3 is 2.24 bits per heavy atom. The van der Waals surface area contributed by atoms with Crippen LogP contribution < -0.4 is 4.90 Å². The average Bonchev–Trinajstić information content (AvgIpc) is 3.36. The van der Waals surface area contributed by atoms with Gasteiger partial charge in [0.2, 0.25) is 15.9 Å². The number of halogens is 3. The van der Waals surface area contributed by atoms with Gasteiger partial charge in [-0.05, 0) is 49.2 Å². The van der Waals surface area contributed by atoms with Crippen LogP contribution in [0.4, 0.5) is 18.9 Å². The van der Waals surface area contributed by atoms with Gasteiger partial charge in [0.05, 0.1) is 23.3 Å². The van der Waals surface area contributed by atoms with Crippen LogP contribution in [-0.2, 0) is 27.5 Å². The van der Waals surface area contributed by atoms with Gasteiger partial charge in [0, 0.05) is 24.7 Å². The summed E-state index contributed by atoms with van der Waals surface area (Å²) in [6.45, 7) is 0.121. The monoisotopic (exact) mass is 492 g/mol. The highest BCUT2D eigenvalue weighted by molar-refractivity contribution is 7.89. The van der Waals surface area contributed by atoms with Crippen LogP contribution in [0.15, 0.2) is 82.3 Å². The second kappa shape index (κ2) is 9.63. The lowest BCUT2D eigenvalue weighted by molar-refractivity contribution is -0.139. The Hall–Kier alpha value is -3.11. The Morgan fingerprint density at radius 2 is 1.62 bits per heavy atom. The summed E-state index contributed by atoms with van der Waals surface area (Å²) in [4.78, 5) is 14.2. The van der Waals surface area contributed by atoms with Crippen LogP contribution in [0.1, 0.15) is 24.2 Å². The molecule has 180 valence electrons. The van der Waals surface area contributed by atoms with E-state index < -0.39 is 32.6 Å². The number of alkyl halides is 3. The number of rotatable bonds is 6. The number of carbonyl (C=O) groups is 1. The highest BCUT2D eigenvalue weighted by Crippen LogP contribution is 2.36. The van der Waals surface area contributed by atoms with Crippen LogP contribution in [0.3, 0.4) is 0 Å². The molecule has 1 fully saturated rings. The van der Waals surface area contributed by atoms with E-state index >= 15 is 0 Å². The molecule has 4 rings (SSSR count). The zero-order chi connectivity index (χ0) is 24.3. The molecule has 0 atom stereocenters. The van der Waals surface area contributed by atoms with Gasteiger partial charge < -0.3 is 9.32 Å². The maximum atomic E-state index is 13.4. The van der Waals surface area contributed by atoms with Crippen molar-refractivity contribution in [1.82, 2.24) is 4.31 Å². The smallest absolute Gasteiger partial charge is 0.417 e. The summed E-state index contributed by atoms with van der Waals surface area (Å²) in [5.74, 6) is -0.0595. The van der Waals surface area contributed by atoms with Crippen LogP contribution in [-0.4, -0.2) is 31.7 Å². The summed E-state index contributed by atoms with van der Waals surface area (Å²) in [6, 6.07) is 16.7. The maximum absolute atomic E-state index is 13.4. The van der Waals surface area contributed by atoms with Crippen molar-refractivity contribution >= 4 is 21.6 Å². The van der Waals surface area contributed by atoms with Gasteiger partial charge in [-0.2, -0.15) is 17.5 Å². The highest BCUT2D eigenvalue weighted by Gasteiger charge is 2.40. The molecule has 1 aliphatic heterocycles. The molecule has 6 nitrogen and oxygen atoms in total. The van der Waals surface area contributed by atoms with Crippen LogP contribution >= 0.6 is 0 Å². The minimum Gasteiger partial charge on any atom is -0.467 e. The Balaban J connectivity index is 1.51. The van der Waals surface area contributed by atoms with E-state index in [0.29, 0.717) is 11.4 Å². The van der Waals surface area contributed by atoms with E-state index in [-0.39, 0.29) is 38.4 Å². The molecule has 10 heteroatoms. The minimum atomic E-state index is -4.79. The molecule has 2 heterocycles. The van der Waals surface area contributed by atoms with Crippen LogP contribution in [0.25, 0.3) is 0 Å². The molecule has 0 aliphatic carbocycles. The van der Waals surface area contributed by atoms with E-state index in [4.69, 9.17) is 4.42 Å². The van der Waals surface area contributed by atoms with Crippen LogP contribution in [0, 0.1) is 5.92 Å². The summed E-state index contributed by atoms with van der Waals surface area (Å²) < 4.78 is 72.6. The predicted octanol–water partition coefficient (Wildman–Crippen LogP) is 4.93. The lowest BCUT2D eigenvalue weighted by Crippen LogP contribution is -2.44. The van der Waals surface area contributed by atoms with Gasteiger partial charge in [0.25, 0.3) is 0 Å². The van der Waals surface area contributed by atoms with Gasteiger partial charge >= 0.3 is 6.18 Å². The van der Waals surface area contributed by atoms with Crippen molar-refractivity contribution in [3.8, 4) is 0 Å². The third-order valence-electron chi connectivity index (χ3n) is 5.84. The van der Waals surface area contributed by atoms with E-state index in [0.717, 1.165) is 22.5 Å². The molecular weight excluding hydrogens is 469 g/mol.